The van der Waals surface area contributed by atoms with Crippen molar-refractivity contribution in [1.29, 1.82) is 0 Å². The summed E-state index contributed by atoms with van der Waals surface area (Å²) < 4.78 is 0. The van der Waals surface area contributed by atoms with Crippen LogP contribution in [0.25, 0.3) is 10.9 Å². The van der Waals surface area contributed by atoms with Crippen molar-refractivity contribution < 1.29 is 9.59 Å². The Morgan fingerprint density at radius 2 is 1.71 bits per heavy atom. The third-order valence-electron chi connectivity index (χ3n) is 3.75. The fourth-order valence-corrected chi connectivity index (χ4v) is 2.72. The highest BCUT2D eigenvalue weighted by Crippen LogP contribution is 2.32. The van der Waals surface area contributed by atoms with Crippen molar-refractivity contribution in [2.45, 2.75) is 5.92 Å². The van der Waals surface area contributed by atoms with Crippen LogP contribution in [0.15, 0.2) is 54.7 Å². The number of nitrogens with zero attached hydrogens (tertiary/aromatic N) is 2. The Morgan fingerprint density at radius 1 is 0.857 bits per heavy atom. The van der Waals surface area contributed by atoms with Gasteiger partial charge in [0.25, 0.3) is 0 Å². The van der Waals surface area contributed by atoms with Gasteiger partial charge in [0.05, 0.1) is 11.2 Å². The number of fused-ring (bicyclic) bond motifs is 2. The molecule has 2 aromatic heterocycles. The number of para-hydroxylation sites is 1. The number of hydrogen-bond acceptors (Lipinski definition) is 4. The minimum Gasteiger partial charge on any atom is -0.293 e. The lowest BCUT2D eigenvalue weighted by atomic mass is 9.99. The Hall–Kier alpha value is -2.88. The molecule has 1 aromatic carbocycles. The van der Waals surface area contributed by atoms with Crippen LogP contribution in [-0.4, -0.2) is 21.5 Å². The predicted octanol–water partition coefficient (Wildman–Crippen LogP) is 2.79. The molecule has 1 aliphatic carbocycles. The van der Waals surface area contributed by atoms with E-state index in [-0.39, 0.29) is 17.3 Å². The standard InChI is InChI=1S/C17H10N2O2/c20-16-11-5-3-9-18-15(11)17(21)14(16)13-8-7-10-4-1-2-6-12(10)19-13/h1-9,14H. The van der Waals surface area contributed by atoms with Crippen molar-refractivity contribution in [3.05, 3.63) is 71.7 Å². The normalized spacial score (nSPS) is 17.2. The fraction of sp³-hybridized carbons (Fsp3) is 0.0588. The van der Waals surface area contributed by atoms with Crippen LogP contribution in [0.5, 0.6) is 0 Å². The molecule has 0 saturated carbocycles. The lowest BCUT2D eigenvalue weighted by Gasteiger charge is -2.07. The highest BCUT2D eigenvalue weighted by Gasteiger charge is 2.41. The number of aromatic nitrogens is 2. The van der Waals surface area contributed by atoms with Gasteiger partial charge in [-0.3, -0.25) is 19.6 Å². The van der Waals surface area contributed by atoms with Crippen molar-refractivity contribution in [1.82, 2.24) is 9.97 Å². The van der Waals surface area contributed by atoms with E-state index in [4.69, 9.17) is 0 Å². The number of Topliss-reactive ketones (excluding diaryl/α,β-unsaturated/α-hetero) is 2. The van der Waals surface area contributed by atoms with Crippen molar-refractivity contribution in [2.75, 3.05) is 0 Å². The molecule has 0 amide bonds. The first-order valence-electron chi connectivity index (χ1n) is 6.65. The molecular formula is C17H10N2O2. The summed E-state index contributed by atoms with van der Waals surface area (Å²) in [5.41, 5.74) is 1.91. The molecule has 4 heteroatoms. The van der Waals surface area contributed by atoms with Crippen LogP contribution >= 0.6 is 0 Å². The summed E-state index contributed by atoms with van der Waals surface area (Å²) in [7, 11) is 0. The molecule has 100 valence electrons. The molecule has 1 unspecified atom stereocenters. The quantitative estimate of drug-likeness (QED) is 0.640. The Labute approximate surface area is 120 Å². The molecule has 1 aliphatic rings. The van der Waals surface area contributed by atoms with Crippen LogP contribution in [0, 0.1) is 0 Å². The summed E-state index contributed by atoms with van der Waals surface area (Å²) in [5.74, 6) is -1.34. The van der Waals surface area contributed by atoms with Gasteiger partial charge in [0, 0.05) is 17.1 Å². The third kappa shape index (κ3) is 1.69. The largest absolute Gasteiger partial charge is 0.293 e. The van der Waals surface area contributed by atoms with Gasteiger partial charge in [-0.1, -0.05) is 24.3 Å². The van der Waals surface area contributed by atoms with Gasteiger partial charge in [0.15, 0.2) is 11.6 Å². The molecule has 4 nitrogen and oxygen atoms in total. The molecule has 0 fully saturated rings. The van der Waals surface area contributed by atoms with E-state index in [1.54, 1.807) is 18.2 Å². The van der Waals surface area contributed by atoms with Crippen molar-refractivity contribution >= 4 is 22.5 Å². The van der Waals surface area contributed by atoms with E-state index in [0.29, 0.717) is 11.3 Å². The lowest BCUT2D eigenvalue weighted by Crippen LogP contribution is -2.14. The van der Waals surface area contributed by atoms with E-state index in [1.165, 1.54) is 6.20 Å². The van der Waals surface area contributed by atoms with E-state index in [0.717, 1.165) is 10.9 Å². The molecule has 21 heavy (non-hydrogen) atoms. The average molecular weight is 274 g/mol. The van der Waals surface area contributed by atoms with Gasteiger partial charge in [-0.15, -0.1) is 0 Å². The molecule has 0 spiro atoms. The predicted molar refractivity (Wildman–Crippen MR) is 77.4 cm³/mol. The van der Waals surface area contributed by atoms with E-state index < -0.39 is 5.92 Å². The zero-order chi connectivity index (χ0) is 14.4. The van der Waals surface area contributed by atoms with Crippen molar-refractivity contribution in [2.24, 2.45) is 0 Å². The second kappa shape index (κ2) is 4.31. The van der Waals surface area contributed by atoms with E-state index in [2.05, 4.69) is 9.97 Å². The Kier molecular flexibility index (Phi) is 2.44. The summed E-state index contributed by atoms with van der Waals surface area (Å²) in [5, 5.41) is 0.981. The first-order valence-corrected chi connectivity index (χ1v) is 6.65. The zero-order valence-corrected chi connectivity index (χ0v) is 11.0. The average Bonchev–Trinajstić information content (AvgIpc) is 2.79. The molecule has 3 aromatic rings. The maximum atomic E-state index is 12.4. The van der Waals surface area contributed by atoms with Gasteiger partial charge in [0.2, 0.25) is 0 Å². The van der Waals surface area contributed by atoms with Gasteiger partial charge in [0.1, 0.15) is 11.6 Å². The van der Waals surface area contributed by atoms with Gasteiger partial charge >= 0.3 is 0 Å². The first kappa shape index (κ1) is 11.9. The monoisotopic (exact) mass is 274 g/mol. The molecule has 4 rings (SSSR count). The van der Waals surface area contributed by atoms with E-state index in [1.807, 2.05) is 30.3 Å². The minimum absolute atomic E-state index is 0.217. The van der Waals surface area contributed by atoms with E-state index in [9.17, 15) is 9.59 Å². The highest BCUT2D eigenvalue weighted by molar-refractivity contribution is 6.28. The summed E-state index contributed by atoms with van der Waals surface area (Å²) in [4.78, 5) is 33.4. The number of pyridine rings is 2. The van der Waals surface area contributed by atoms with Gasteiger partial charge in [-0.05, 0) is 24.3 Å². The maximum Gasteiger partial charge on any atom is 0.198 e. The maximum absolute atomic E-state index is 12.4. The zero-order valence-electron chi connectivity index (χ0n) is 11.0. The molecule has 0 N–H and O–H groups in total. The summed E-state index contributed by atoms with van der Waals surface area (Å²) in [6.07, 6.45) is 1.53. The molecule has 0 bridgehead atoms. The Bertz CT molecular complexity index is 867. The number of ketones is 2. The van der Waals surface area contributed by atoms with Crippen molar-refractivity contribution in [3.8, 4) is 0 Å². The Balaban J connectivity index is 1.86. The highest BCUT2D eigenvalue weighted by atomic mass is 16.2. The molecule has 0 radical (unpaired) electrons. The van der Waals surface area contributed by atoms with Crippen LogP contribution in [0.1, 0.15) is 32.5 Å². The molecule has 2 heterocycles. The first-order chi connectivity index (χ1) is 10.3. The van der Waals surface area contributed by atoms with E-state index >= 15 is 0 Å². The van der Waals surface area contributed by atoms with Crippen LogP contribution in [0.4, 0.5) is 0 Å². The smallest absolute Gasteiger partial charge is 0.198 e. The molecule has 0 aliphatic heterocycles. The number of hydrogen-bond donors (Lipinski definition) is 0. The van der Waals surface area contributed by atoms with Crippen LogP contribution < -0.4 is 0 Å². The van der Waals surface area contributed by atoms with Crippen molar-refractivity contribution in [3.63, 3.8) is 0 Å². The second-order valence-electron chi connectivity index (χ2n) is 4.99. The molecular weight excluding hydrogens is 264 g/mol. The fourth-order valence-electron chi connectivity index (χ4n) is 2.72. The summed E-state index contributed by atoms with van der Waals surface area (Å²) in [6, 6.07) is 14.6. The molecule has 1 atom stereocenters. The minimum atomic E-state index is -0.862. The van der Waals surface area contributed by atoms with Gasteiger partial charge in [-0.25, -0.2) is 0 Å². The summed E-state index contributed by atoms with van der Waals surface area (Å²) >= 11 is 0. The van der Waals surface area contributed by atoms with Crippen LogP contribution in [-0.2, 0) is 0 Å². The number of carbonyl (C=O) groups is 2. The number of benzene rings is 1. The van der Waals surface area contributed by atoms with Crippen LogP contribution in [0.2, 0.25) is 0 Å². The SMILES string of the molecule is O=C1c2cccnc2C(=O)C1c1ccc2ccccc2n1. The molecule has 0 saturated heterocycles. The van der Waals surface area contributed by atoms with Gasteiger partial charge < -0.3 is 0 Å². The third-order valence-corrected chi connectivity index (χ3v) is 3.75. The second-order valence-corrected chi connectivity index (χ2v) is 4.99. The summed E-state index contributed by atoms with van der Waals surface area (Å²) in [6.45, 7) is 0. The van der Waals surface area contributed by atoms with Crippen LogP contribution in [0.3, 0.4) is 0 Å². The Morgan fingerprint density at radius 3 is 2.57 bits per heavy atom. The number of rotatable bonds is 1. The number of carbonyl (C=O) groups excluding carboxylic acids is 2. The topological polar surface area (TPSA) is 59.9 Å². The van der Waals surface area contributed by atoms with Gasteiger partial charge in [-0.2, -0.15) is 0 Å². The lowest BCUT2D eigenvalue weighted by molar-refractivity contribution is 0.0886.